The van der Waals surface area contributed by atoms with Crippen molar-refractivity contribution < 1.29 is 4.39 Å². The second-order valence-electron chi connectivity index (χ2n) is 8.93. The first kappa shape index (κ1) is 21.6. The van der Waals surface area contributed by atoms with Crippen LogP contribution in [-0.2, 0) is 6.54 Å². The van der Waals surface area contributed by atoms with Crippen molar-refractivity contribution in [2.24, 2.45) is 0 Å². The predicted octanol–water partition coefficient (Wildman–Crippen LogP) is 5.40. The minimum atomic E-state index is -0.220. The summed E-state index contributed by atoms with van der Waals surface area (Å²) in [6.45, 7) is 7.34. The van der Waals surface area contributed by atoms with Gasteiger partial charge in [-0.3, -0.25) is 4.90 Å². The Morgan fingerprint density at radius 2 is 1.33 bits per heavy atom. The third-order valence-corrected chi connectivity index (χ3v) is 6.45. The van der Waals surface area contributed by atoms with E-state index in [0.717, 1.165) is 55.2 Å². The molecule has 5 rings (SSSR count). The third-order valence-electron chi connectivity index (χ3n) is 6.45. The van der Waals surface area contributed by atoms with Crippen molar-refractivity contribution in [2.45, 2.75) is 13.5 Å². The first-order valence-corrected chi connectivity index (χ1v) is 11.5. The summed E-state index contributed by atoms with van der Waals surface area (Å²) in [6.07, 6.45) is 2.02. The SMILES string of the molecule is Cc1ccc(-c2c(CN3CCN(C)CC3)cnn2-c2ccc(-c3ccc(F)cc3)cc2)cc1. The first-order chi connectivity index (χ1) is 16.1. The quantitative estimate of drug-likeness (QED) is 0.415. The van der Waals surface area contributed by atoms with E-state index < -0.39 is 0 Å². The van der Waals surface area contributed by atoms with Crippen LogP contribution in [0.2, 0.25) is 0 Å². The number of aromatic nitrogens is 2. The molecule has 33 heavy (non-hydrogen) atoms. The lowest BCUT2D eigenvalue weighted by atomic mass is 10.0. The normalized spacial score (nSPS) is 15.1. The molecule has 1 aromatic heterocycles. The summed E-state index contributed by atoms with van der Waals surface area (Å²) in [7, 11) is 2.18. The summed E-state index contributed by atoms with van der Waals surface area (Å²) < 4.78 is 15.3. The molecule has 0 radical (unpaired) electrons. The number of aryl methyl sites for hydroxylation is 1. The monoisotopic (exact) mass is 440 g/mol. The van der Waals surface area contributed by atoms with E-state index in [2.05, 4.69) is 72.3 Å². The number of hydrogen-bond donors (Lipinski definition) is 0. The van der Waals surface area contributed by atoms with Gasteiger partial charge >= 0.3 is 0 Å². The van der Waals surface area contributed by atoms with E-state index in [1.54, 1.807) is 0 Å². The van der Waals surface area contributed by atoms with E-state index >= 15 is 0 Å². The van der Waals surface area contributed by atoms with Gasteiger partial charge in [-0.2, -0.15) is 5.10 Å². The summed E-state index contributed by atoms with van der Waals surface area (Å²) >= 11 is 0. The average Bonchev–Trinajstić information content (AvgIpc) is 3.25. The highest BCUT2D eigenvalue weighted by molar-refractivity contribution is 5.68. The zero-order valence-electron chi connectivity index (χ0n) is 19.2. The lowest BCUT2D eigenvalue weighted by Crippen LogP contribution is -2.43. The molecule has 4 nitrogen and oxygen atoms in total. The summed E-state index contributed by atoms with van der Waals surface area (Å²) in [4.78, 5) is 4.89. The largest absolute Gasteiger partial charge is 0.304 e. The van der Waals surface area contributed by atoms with Crippen molar-refractivity contribution >= 4 is 0 Å². The molecule has 5 heteroatoms. The molecule has 0 bridgehead atoms. The van der Waals surface area contributed by atoms with Crippen molar-refractivity contribution in [2.75, 3.05) is 33.2 Å². The molecule has 1 fully saturated rings. The van der Waals surface area contributed by atoms with Gasteiger partial charge in [-0.25, -0.2) is 9.07 Å². The van der Waals surface area contributed by atoms with Crippen LogP contribution in [0.5, 0.6) is 0 Å². The second kappa shape index (κ2) is 9.30. The highest BCUT2D eigenvalue weighted by Gasteiger charge is 2.20. The molecule has 2 heterocycles. The first-order valence-electron chi connectivity index (χ1n) is 11.5. The molecule has 0 aliphatic carbocycles. The molecule has 4 aromatic rings. The number of likely N-dealkylation sites (N-methyl/N-ethyl adjacent to an activating group) is 1. The Bertz CT molecular complexity index is 1200. The van der Waals surface area contributed by atoms with Crippen LogP contribution < -0.4 is 0 Å². The fourth-order valence-electron chi connectivity index (χ4n) is 4.40. The van der Waals surface area contributed by atoms with Gasteiger partial charge in [0.05, 0.1) is 17.6 Å². The Labute approximate surface area is 194 Å². The molecule has 0 amide bonds. The van der Waals surface area contributed by atoms with E-state index in [0.29, 0.717) is 0 Å². The van der Waals surface area contributed by atoms with Crippen LogP contribution >= 0.6 is 0 Å². The summed E-state index contributed by atoms with van der Waals surface area (Å²) in [5.41, 5.74) is 7.87. The zero-order valence-corrected chi connectivity index (χ0v) is 19.2. The molecule has 0 atom stereocenters. The summed E-state index contributed by atoms with van der Waals surface area (Å²) in [5, 5.41) is 4.81. The zero-order chi connectivity index (χ0) is 22.8. The number of rotatable bonds is 5. The molecule has 3 aromatic carbocycles. The number of benzene rings is 3. The van der Waals surface area contributed by atoms with Crippen molar-refractivity contribution in [1.82, 2.24) is 19.6 Å². The number of piperazine rings is 1. The van der Waals surface area contributed by atoms with Gasteiger partial charge in [-0.05, 0) is 49.4 Å². The third kappa shape index (κ3) is 4.75. The maximum atomic E-state index is 13.3. The highest BCUT2D eigenvalue weighted by Crippen LogP contribution is 2.29. The van der Waals surface area contributed by atoms with Crippen LogP contribution in [0, 0.1) is 12.7 Å². The van der Waals surface area contributed by atoms with Gasteiger partial charge in [-0.15, -0.1) is 0 Å². The summed E-state index contributed by atoms with van der Waals surface area (Å²) in [6, 6.07) is 23.6. The van der Waals surface area contributed by atoms with Gasteiger partial charge in [0.2, 0.25) is 0 Å². The number of halogens is 1. The Hall–Kier alpha value is -3.28. The average molecular weight is 441 g/mol. The molecule has 1 aliphatic heterocycles. The van der Waals surface area contributed by atoms with E-state index in [4.69, 9.17) is 5.10 Å². The fourth-order valence-corrected chi connectivity index (χ4v) is 4.40. The van der Waals surface area contributed by atoms with E-state index in [9.17, 15) is 4.39 Å². The van der Waals surface area contributed by atoms with Crippen LogP contribution in [0.3, 0.4) is 0 Å². The van der Waals surface area contributed by atoms with Gasteiger partial charge in [0.1, 0.15) is 5.82 Å². The number of hydrogen-bond acceptors (Lipinski definition) is 3. The lowest BCUT2D eigenvalue weighted by molar-refractivity contribution is 0.148. The molecular formula is C28H29FN4. The van der Waals surface area contributed by atoms with Crippen LogP contribution in [0.25, 0.3) is 28.1 Å². The van der Waals surface area contributed by atoms with Crippen LogP contribution in [0.4, 0.5) is 4.39 Å². The smallest absolute Gasteiger partial charge is 0.123 e. The standard InChI is InChI=1S/C28H29FN4/c1-21-3-5-24(6-4-21)28-25(20-32-17-15-31(2)16-18-32)19-30-33(28)27-13-9-23(10-14-27)22-7-11-26(29)12-8-22/h3-14,19H,15-18,20H2,1-2H3. The minimum absolute atomic E-state index is 0.220. The van der Waals surface area contributed by atoms with Crippen molar-refractivity contribution in [3.8, 4) is 28.1 Å². The highest BCUT2D eigenvalue weighted by atomic mass is 19.1. The molecule has 0 saturated carbocycles. The van der Waals surface area contributed by atoms with E-state index in [1.165, 1.54) is 28.8 Å². The van der Waals surface area contributed by atoms with Crippen molar-refractivity contribution in [3.63, 3.8) is 0 Å². The van der Waals surface area contributed by atoms with Crippen LogP contribution in [-0.4, -0.2) is 52.8 Å². The predicted molar refractivity (Wildman–Crippen MR) is 132 cm³/mol. The lowest BCUT2D eigenvalue weighted by Gasteiger charge is -2.32. The van der Waals surface area contributed by atoms with Gasteiger partial charge in [0.15, 0.2) is 0 Å². The molecule has 0 spiro atoms. The van der Waals surface area contributed by atoms with Gasteiger partial charge < -0.3 is 4.90 Å². The maximum absolute atomic E-state index is 13.3. The Balaban J connectivity index is 1.49. The van der Waals surface area contributed by atoms with Crippen molar-refractivity contribution in [1.29, 1.82) is 0 Å². The minimum Gasteiger partial charge on any atom is -0.304 e. The molecule has 0 N–H and O–H groups in total. The topological polar surface area (TPSA) is 24.3 Å². The summed E-state index contributed by atoms with van der Waals surface area (Å²) in [5.74, 6) is -0.220. The van der Waals surface area contributed by atoms with Gasteiger partial charge in [0.25, 0.3) is 0 Å². The molecule has 1 saturated heterocycles. The Morgan fingerprint density at radius 3 is 1.97 bits per heavy atom. The van der Waals surface area contributed by atoms with Crippen molar-refractivity contribution in [3.05, 3.63) is 95.9 Å². The molecule has 1 aliphatic rings. The van der Waals surface area contributed by atoms with E-state index in [-0.39, 0.29) is 5.82 Å². The molecule has 0 unspecified atom stereocenters. The fraction of sp³-hybridized carbons (Fsp3) is 0.250. The maximum Gasteiger partial charge on any atom is 0.123 e. The Kier molecular flexibility index (Phi) is 6.07. The van der Waals surface area contributed by atoms with Gasteiger partial charge in [0, 0.05) is 43.9 Å². The van der Waals surface area contributed by atoms with Crippen LogP contribution in [0.15, 0.2) is 79.0 Å². The molecule has 168 valence electrons. The molecular weight excluding hydrogens is 411 g/mol. The van der Waals surface area contributed by atoms with E-state index in [1.807, 2.05) is 23.0 Å². The second-order valence-corrected chi connectivity index (χ2v) is 8.93. The Morgan fingerprint density at radius 1 is 0.758 bits per heavy atom. The van der Waals surface area contributed by atoms with Crippen LogP contribution in [0.1, 0.15) is 11.1 Å². The van der Waals surface area contributed by atoms with Gasteiger partial charge in [-0.1, -0.05) is 54.1 Å². The number of nitrogens with zero attached hydrogens (tertiary/aromatic N) is 4.